The van der Waals surface area contributed by atoms with E-state index < -0.39 is 5.91 Å². The predicted molar refractivity (Wildman–Crippen MR) is 135 cm³/mol. The van der Waals surface area contributed by atoms with Crippen molar-refractivity contribution in [2.75, 3.05) is 73.0 Å². The molecule has 0 aliphatic rings. The molecule has 0 unspecified atom stereocenters. The number of likely N-dealkylation sites (N-methyl/N-ethyl adjacent to an activating group) is 2. The van der Waals surface area contributed by atoms with Crippen molar-refractivity contribution in [3.05, 3.63) is 0 Å². The summed E-state index contributed by atoms with van der Waals surface area (Å²) in [4.78, 5) is 76.8. The molecule has 4 N–H and O–H groups in total. The summed E-state index contributed by atoms with van der Waals surface area (Å²) >= 11 is 0. The zero-order valence-corrected chi connectivity index (χ0v) is 22.3. The lowest BCUT2D eigenvalue weighted by atomic mass is 10.3. The highest BCUT2D eigenvalue weighted by molar-refractivity contribution is 5.86. The fourth-order valence-corrected chi connectivity index (χ4v) is 3.16. The molecule has 0 heterocycles. The number of rotatable bonds is 18. The Morgan fingerprint density at radius 3 is 1.17 bits per heavy atom. The lowest BCUT2D eigenvalue weighted by Gasteiger charge is -2.24. The summed E-state index contributed by atoms with van der Waals surface area (Å²) in [6, 6.07) is 0. The van der Waals surface area contributed by atoms with E-state index in [0.29, 0.717) is 19.5 Å². The van der Waals surface area contributed by atoms with E-state index in [4.69, 9.17) is 0 Å². The molecule has 0 saturated heterocycles. The molecule has 13 nitrogen and oxygen atoms in total. The van der Waals surface area contributed by atoms with Gasteiger partial charge in [0.1, 0.15) is 0 Å². The number of nitrogens with one attached hydrogen (secondary N) is 4. The van der Waals surface area contributed by atoms with Crippen molar-refractivity contribution in [1.82, 2.24) is 36.0 Å². The fraction of sp³-hybridized carbons (Fsp3) is 0.739. The van der Waals surface area contributed by atoms with E-state index >= 15 is 0 Å². The third kappa shape index (κ3) is 13.6. The Hall–Kier alpha value is -3.22. The molecule has 0 rings (SSSR count). The normalized spacial score (nSPS) is 10.2. The maximum absolute atomic E-state index is 12.4. The van der Waals surface area contributed by atoms with E-state index in [1.54, 1.807) is 27.8 Å². The van der Waals surface area contributed by atoms with Gasteiger partial charge in [0.25, 0.3) is 0 Å². The van der Waals surface area contributed by atoms with Crippen LogP contribution in [0, 0.1) is 0 Å². The smallest absolute Gasteiger partial charge is 0.239 e. The van der Waals surface area contributed by atoms with Gasteiger partial charge < -0.3 is 36.0 Å². The van der Waals surface area contributed by atoms with Gasteiger partial charge >= 0.3 is 0 Å². The summed E-state index contributed by atoms with van der Waals surface area (Å²) in [7, 11) is 3.24. The maximum Gasteiger partial charge on any atom is 0.239 e. The number of hydrogen-bond acceptors (Lipinski definition) is 7. The average molecular weight is 514 g/mol. The summed E-state index contributed by atoms with van der Waals surface area (Å²) < 4.78 is 0. The lowest BCUT2D eigenvalue weighted by molar-refractivity contribution is -0.137. The molecular formula is C23H43N7O6. The molecule has 0 atom stereocenters. The second kappa shape index (κ2) is 19.0. The molecule has 0 aromatic rings. The van der Waals surface area contributed by atoms with Gasteiger partial charge in [0.05, 0.1) is 19.6 Å². The van der Waals surface area contributed by atoms with Crippen molar-refractivity contribution in [3.8, 4) is 0 Å². The molecule has 0 bridgehead atoms. The molecule has 0 saturated carbocycles. The second-order valence-electron chi connectivity index (χ2n) is 7.98. The van der Waals surface area contributed by atoms with E-state index in [2.05, 4.69) is 21.3 Å². The third-order valence-corrected chi connectivity index (χ3v) is 5.29. The predicted octanol–water partition coefficient (Wildman–Crippen LogP) is -2.10. The summed E-state index contributed by atoms with van der Waals surface area (Å²) in [5.41, 5.74) is 0. The number of carbonyl (C=O) groups is 6. The summed E-state index contributed by atoms with van der Waals surface area (Å²) in [6.07, 6.45) is 0.714. The van der Waals surface area contributed by atoms with Gasteiger partial charge in [-0.2, -0.15) is 0 Å². The lowest BCUT2D eigenvalue weighted by Crippen LogP contribution is -2.48. The van der Waals surface area contributed by atoms with Gasteiger partial charge in [-0.15, -0.1) is 0 Å². The number of hydrogen-bond donors (Lipinski definition) is 4. The Morgan fingerprint density at radius 2 is 0.861 bits per heavy atom. The zero-order valence-electron chi connectivity index (χ0n) is 22.3. The molecule has 0 spiro atoms. The minimum Gasteiger partial charge on any atom is -0.358 e. The fourth-order valence-electron chi connectivity index (χ4n) is 3.16. The highest BCUT2D eigenvalue weighted by atomic mass is 16.2. The van der Waals surface area contributed by atoms with E-state index in [9.17, 15) is 28.8 Å². The van der Waals surface area contributed by atoms with Gasteiger partial charge in [-0.25, -0.2) is 0 Å². The molecule has 0 fully saturated rings. The molecule has 0 aromatic heterocycles. The quantitative estimate of drug-likeness (QED) is 0.163. The third-order valence-electron chi connectivity index (χ3n) is 5.29. The van der Waals surface area contributed by atoms with Crippen LogP contribution in [0.5, 0.6) is 0 Å². The number of nitrogens with zero attached hydrogens (tertiary/aromatic N) is 3. The molecule has 206 valence electrons. The van der Waals surface area contributed by atoms with E-state index in [1.165, 1.54) is 21.7 Å². The van der Waals surface area contributed by atoms with Crippen LogP contribution < -0.4 is 21.3 Å². The molecule has 13 heteroatoms. The summed E-state index contributed by atoms with van der Waals surface area (Å²) in [5, 5.41) is 10.7. The molecule has 6 amide bonds. The molecule has 0 aliphatic heterocycles. The van der Waals surface area contributed by atoms with Crippen LogP contribution in [-0.2, 0) is 28.8 Å². The molecule has 0 radical (unpaired) electrons. The van der Waals surface area contributed by atoms with Crippen molar-refractivity contribution in [1.29, 1.82) is 0 Å². The Labute approximate surface area is 213 Å². The van der Waals surface area contributed by atoms with Crippen molar-refractivity contribution >= 4 is 35.4 Å². The highest BCUT2D eigenvalue weighted by Crippen LogP contribution is 1.97. The van der Waals surface area contributed by atoms with Crippen LogP contribution in [0.15, 0.2) is 0 Å². The van der Waals surface area contributed by atoms with Gasteiger partial charge in [-0.05, 0) is 7.05 Å². The first-order valence-corrected chi connectivity index (χ1v) is 12.3. The van der Waals surface area contributed by atoms with Crippen molar-refractivity contribution in [2.24, 2.45) is 0 Å². The molecular weight excluding hydrogens is 470 g/mol. The summed E-state index contributed by atoms with van der Waals surface area (Å²) in [6.45, 7) is 6.20. The van der Waals surface area contributed by atoms with Crippen LogP contribution in [0.2, 0.25) is 0 Å². The standard InChI is InChI=1S/C23H43N7O6/c1-6-21(34)28(12-9-24-4)16-19(32)27-11-14-30(23(36)8-3)17-20(33)26-10-13-29(22(35)7-2)15-18(31)25-5/h24H,6-17H2,1-5H3,(H,25,31)(H,26,33)(H,27,32). The first kappa shape index (κ1) is 32.8. The van der Waals surface area contributed by atoms with Gasteiger partial charge in [-0.1, -0.05) is 20.8 Å². The van der Waals surface area contributed by atoms with Gasteiger partial charge in [0.15, 0.2) is 0 Å². The monoisotopic (exact) mass is 513 g/mol. The molecule has 0 aliphatic carbocycles. The number of amides is 6. The van der Waals surface area contributed by atoms with Crippen LogP contribution in [0.4, 0.5) is 0 Å². The van der Waals surface area contributed by atoms with Crippen LogP contribution in [-0.4, -0.2) is 123 Å². The van der Waals surface area contributed by atoms with E-state index in [-0.39, 0.29) is 88.2 Å². The van der Waals surface area contributed by atoms with Crippen LogP contribution in [0.25, 0.3) is 0 Å². The van der Waals surface area contributed by atoms with E-state index in [0.717, 1.165) is 0 Å². The minimum atomic E-state index is -0.418. The van der Waals surface area contributed by atoms with Crippen LogP contribution in [0.1, 0.15) is 40.0 Å². The molecule has 36 heavy (non-hydrogen) atoms. The summed E-state index contributed by atoms with van der Waals surface area (Å²) in [5.74, 6) is -1.67. The Balaban J connectivity index is 4.73. The van der Waals surface area contributed by atoms with Gasteiger partial charge in [0.2, 0.25) is 35.4 Å². The van der Waals surface area contributed by atoms with Crippen LogP contribution >= 0.6 is 0 Å². The highest BCUT2D eigenvalue weighted by Gasteiger charge is 2.19. The number of carbonyl (C=O) groups excluding carboxylic acids is 6. The Morgan fingerprint density at radius 1 is 0.528 bits per heavy atom. The zero-order chi connectivity index (χ0) is 27.5. The largest absolute Gasteiger partial charge is 0.358 e. The first-order valence-electron chi connectivity index (χ1n) is 12.3. The first-order chi connectivity index (χ1) is 17.1. The average Bonchev–Trinajstić information content (AvgIpc) is 2.88. The Kier molecular flexibility index (Phi) is 17.3. The van der Waals surface area contributed by atoms with Crippen LogP contribution in [0.3, 0.4) is 0 Å². The van der Waals surface area contributed by atoms with E-state index in [1.807, 2.05) is 0 Å². The van der Waals surface area contributed by atoms with Gasteiger partial charge in [0, 0.05) is 65.6 Å². The minimum absolute atomic E-state index is 0.0837. The van der Waals surface area contributed by atoms with Crippen molar-refractivity contribution in [3.63, 3.8) is 0 Å². The SMILES string of the molecule is CCC(=O)N(CCNC(=O)CN(CCNC(=O)CN(CCNC)C(=O)CC)C(=O)CC)CC(=O)NC. The van der Waals surface area contributed by atoms with Gasteiger partial charge in [-0.3, -0.25) is 28.8 Å². The van der Waals surface area contributed by atoms with Crippen molar-refractivity contribution in [2.45, 2.75) is 40.0 Å². The molecule has 0 aromatic carbocycles. The maximum atomic E-state index is 12.4. The Bertz CT molecular complexity index is 746. The second-order valence-corrected chi connectivity index (χ2v) is 7.98. The van der Waals surface area contributed by atoms with Crippen molar-refractivity contribution < 1.29 is 28.8 Å². The topological polar surface area (TPSA) is 160 Å².